The number of rotatable bonds is 0. The van der Waals surface area contributed by atoms with Crippen LogP contribution in [-0.4, -0.2) is 77.7 Å². The zero-order valence-electron chi connectivity index (χ0n) is 72.6. The first-order valence-corrected chi connectivity index (χ1v) is 40.2. The van der Waals surface area contributed by atoms with E-state index in [0.717, 1.165) is 106 Å². The second-order valence-electron chi connectivity index (χ2n) is 21.2. The standard InChI is InChI=1S/C10H12N2.C9H11N3.C9H9NO.C9H9NS.C8H8N2O.C8H8N2S.C8H8N2.C7H7N3.10C2H6/c1-7-4-5-10-9(6-7)11-8(2)12(10)3;1-6-4-5-8-9(10-6)12(3)7(2)11-8;2*1-6-3-4-9-8(5-6)10-7(2)11-9;2*1-5-3-4-7-8(9-5)10-6(2)11-7;1-7-2-4-10-5-3-9-8(10)6-7;1-6-2-4-10-5-3-8-7(10)9-6;10*1-2/h4-6H,1-3H3;4-5H,1-3H3;2*3-5H,1-2H3;2*3-4H,1-2H3;2-6H,1H3;2-5H,1H3;10*1-2H3. The molecule has 0 saturated carbocycles. The maximum atomic E-state index is 5.31. The molecule has 0 saturated heterocycles. The van der Waals surface area contributed by atoms with Gasteiger partial charge in [0.05, 0.1) is 36.0 Å². The van der Waals surface area contributed by atoms with Crippen molar-refractivity contribution in [3.8, 4) is 0 Å². The van der Waals surface area contributed by atoms with Crippen molar-refractivity contribution in [1.29, 1.82) is 0 Å². The number of aryl methyl sites for hydroxylation is 16. The summed E-state index contributed by atoms with van der Waals surface area (Å²) in [7, 11) is 4.02. The number of nitrogens with zero attached hydrogens (tertiary/aromatic N) is 16. The van der Waals surface area contributed by atoms with Gasteiger partial charge in [-0.15, -0.1) is 22.7 Å². The third kappa shape index (κ3) is 33.1. The molecule has 0 atom stereocenters. The first-order chi connectivity index (χ1) is 52.1. The number of thiazole rings is 2. The summed E-state index contributed by atoms with van der Waals surface area (Å²) in [6, 6.07) is 36.7. The Labute approximate surface area is 656 Å². The summed E-state index contributed by atoms with van der Waals surface area (Å²) in [5.41, 5.74) is 19.6. The van der Waals surface area contributed by atoms with E-state index in [9.17, 15) is 0 Å². The average Bonchev–Trinajstić information content (AvgIpc) is 1.67. The summed E-state index contributed by atoms with van der Waals surface area (Å²) in [4.78, 5) is 51.0. The van der Waals surface area contributed by atoms with Gasteiger partial charge < -0.3 is 22.4 Å². The van der Waals surface area contributed by atoms with Crippen LogP contribution in [0, 0.1) is 96.9 Å². The average molecular weight is 1510 g/mol. The number of benzene rings is 3. The molecule has 0 unspecified atom stereocenters. The third-order valence-electron chi connectivity index (χ3n) is 13.6. The van der Waals surface area contributed by atoms with E-state index in [-0.39, 0.29) is 0 Å². The number of hydrogen-bond donors (Lipinski definition) is 0. The Morgan fingerprint density at radius 3 is 1.39 bits per heavy atom. The van der Waals surface area contributed by atoms with Crippen LogP contribution in [0.25, 0.3) is 76.5 Å². The van der Waals surface area contributed by atoms with E-state index in [0.29, 0.717) is 11.5 Å². The van der Waals surface area contributed by atoms with Crippen molar-refractivity contribution in [3.63, 3.8) is 0 Å². The SMILES string of the molecule is CC.CC.CC.CC.CC.CC.CC.CC.CC.CC.Cc1ccc2c(c1)nc(C)n2C.Cc1ccc2nc(C)n(C)c2n1.Cc1ccc2oc(C)nc2c1.Cc1ccc2oc(C)nc2n1.Cc1ccc2sc(C)nc2c1.Cc1ccc2sc(C)nc2n1.Cc1ccn2ccnc2c1.Cc1ccn2ccnc2n1. The van der Waals surface area contributed by atoms with Crippen LogP contribution in [0.3, 0.4) is 0 Å². The Morgan fingerprint density at radius 2 is 0.750 bits per heavy atom. The van der Waals surface area contributed by atoms with E-state index in [1.807, 2.05) is 321 Å². The third-order valence-corrected chi connectivity index (χ3v) is 15.5. The fraction of sp³-hybridized carbons (Fsp3) is 0.409. The molecule has 16 aromatic rings. The summed E-state index contributed by atoms with van der Waals surface area (Å²) >= 11 is 3.44. The molecule has 0 bridgehead atoms. The van der Waals surface area contributed by atoms with E-state index >= 15 is 0 Å². The van der Waals surface area contributed by atoms with Crippen molar-refractivity contribution in [1.82, 2.24) is 77.7 Å². The van der Waals surface area contributed by atoms with Crippen molar-refractivity contribution < 1.29 is 8.83 Å². The molecule has 0 amide bonds. The summed E-state index contributed by atoms with van der Waals surface area (Å²) < 4.78 is 21.0. The first-order valence-electron chi connectivity index (χ1n) is 38.5. The number of fused-ring (bicyclic) bond motifs is 8. The summed E-state index contributed by atoms with van der Waals surface area (Å²) in [6.45, 7) is 67.9. The summed E-state index contributed by atoms with van der Waals surface area (Å²) in [5.74, 6) is 4.22. The van der Waals surface area contributed by atoms with Crippen LogP contribution in [0.2, 0.25) is 0 Å². The van der Waals surface area contributed by atoms with Crippen LogP contribution in [0.5, 0.6) is 0 Å². The van der Waals surface area contributed by atoms with Crippen LogP contribution in [0.4, 0.5) is 0 Å². The van der Waals surface area contributed by atoms with Crippen molar-refractivity contribution >= 4 is 99.2 Å². The smallest absolute Gasteiger partial charge is 0.233 e. The van der Waals surface area contributed by atoms with Gasteiger partial charge in [0.1, 0.15) is 28.3 Å². The molecule has 108 heavy (non-hydrogen) atoms. The minimum absolute atomic E-state index is 0.665. The minimum atomic E-state index is 0.665. The van der Waals surface area contributed by atoms with E-state index in [2.05, 4.69) is 140 Å². The Balaban J connectivity index is 0. The van der Waals surface area contributed by atoms with E-state index in [1.54, 1.807) is 35.1 Å². The fourth-order valence-electron chi connectivity index (χ4n) is 8.95. The normalized spacial score (nSPS) is 9.30. The van der Waals surface area contributed by atoms with Gasteiger partial charge in [0, 0.05) is 87.9 Å². The van der Waals surface area contributed by atoms with Crippen LogP contribution >= 0.6 is 22.7 Å². The van der Waals surface area contributed by atoms with E-state index < -0.39 is 0 Å². The number of aromatic nitrogens is 16. The number of imidazole rings is 4. The number of oxazole rings is 2. The predicted octanol–water partition coefficient (Wildman–Crippen LogP) is 26.2. The lowest BCUT2D eigenvalue weighted by molar-refractivity contribution is 0.560. The van der Waals surface area contributed by atoms with E-state index in [1.165, 1.54) is 37.2 Å². The molecule has 0 fully saturated rings. The molecular formula is C88H132N16O2S2. The highest BCUT2D eigenvalue weighted by Gasteiger charge is 2.07. The minimum Gasteiger partial charge on any atom is -0.441 e. The zero-order valence-corrected chi connectivity index (χ0v) is 74.3. The van der Waals surface area contributed by atoms with Gasteiger partial charge in [-0.05, 0) is 196 Å². The molecule has 0 spiro atoms. The van der Waals surface area contributed by atoms with Gasteiger partial charge in [-0.2, -0.15) is 4.98 Å². The zero-order chi connectivity index (χ0) is 82.8. The van der Waals surface area contributed by atoms with Gasteiger partial charge in [0.25, 0.3) is 0 Å². The Kier molecular flexibility index (Phi) is 52.3. The lowest BCUT2D eigenvalue weighted by Crippen LogP contribution is -1.92. The Morgan fingerprint density at radius 1 is 0.306 bits per heavy atom. The van der Waals surface area contributed by atoms with Gasteiger partial charge in [-0.3, -0.25) is 4.40 Å². The molecule has 0 radical (unpaired) electrons. The molecule has 0 aliphatic heterocycles. The van der Waals surface area contributed by atoms with Crippen LogP contribution in [-0.2, 0) is 14.1 Å². The van der Waals surface area contributed by atoms with Crippen molar-refractivity contribution in [2.24, 2.45) is 14.1 Å². The Hall–Kier alpha value is -9.92. The van der Waals surface area contributed by atoms with Crippen molar-refractivity contribution in [3.05, 3.63) is 225 Å². The van der Waals surface area contributed by atoms with Gasteiger partial charge in [-0.25, -0.2) is 54.8 Å². The molecule has 3 aromatic carbocycles. The lowest BCUT2D eigenvalue weighted by atomic mass is 10.2. The maximum absolute atomic E-state index is 5.31. The lowest BCUT2D eigenvalue weighted by Gasteiger charge is -1.95. The topological polar surface area (TPSA) is 200 Å². The second-order valence-corrected chi connectivity index (χ2v) is 23.7. The molecule has 20 heteroatoms. The fourth-order valence-corrected chi connectivity index (χ4v) is 10.5. The van der Waals surface area contributed by atoms with Gasteiger partial charge in [-0.1, -0.05) is 157 Å². The number of hydrogen-bond acceptors (Lipinski definition) is 16. The van der Waals surface area contributed by atoms with Gasteiger partial charge >= 0.3 is 0 Å². The summed E-state index contributed by atoms with van der Waals surface area (Å²) in [6.07, 6.45) is 11.3. The molecular weight excluding hydrogens is 1380 g/mol. The molecule has 0 N–H and O–H groups in total. The van der Waals surface area contributed by atoms with Crippen LogP contribution in [0.15, 0.2) is 155 Å². The molecule has 0 aliphatic carbocycles. The van der Waals surface area contributed by atoms with Crippen LogP contribution in [0.1, 0.15) is 217 Å². The number of pyridine rings is 4. The quantitative estimate of drug-likeness (QED) is 0.139. The second kappa shape index (κ2) is 56.4. The van der Waals surface area contributed by atoms with Crippen molar-refractivity contribution in [2.75, 3.05) is 0 Å². The highest BCUT2D eigenvalue weighted by atomic mass is 32.1. The molecule has 18 nitrogen and oxygen atoms in total. The maximum Gasteiger partial charge on any atom is 0.233 e. The van der Waals surface area contributed by atoms with Gasteiger partial charge in [0.2, 0.25) is 5.78 Å². The van der Waals surface area contributed by atoms with Crippen LogP contribution < -0.4 is 0 Å². The summed E-state index contributed by atoms with van der Waals surface area (Å²) in [5, 5.41) is 2.23. The molecule has 13 heterocycles. The first kappa shape index (κ1) is 100. The monoisotopic (exact) mass is 1510 g/mol. The highest BCUT2D eigenvalue weighted by Crippen LogP contribution is 2.23. The molecule has 0 aliphatic rings. The largest absolute Gasteiger partial charge is 0.441 e. The molecule has 13 aromatic heterocycles. The predicted molar refractivity (Wildman–Crippen MR) is 470 cm³/mol. The van der Waals surface area contributed by atoms with Crippen molar-refractivity contribution in [2.45, 2.75) is 235 Å². The van der Waals surface area contributed by atoms with Gasteiger partial charge in [0.15, 0.2) is 39.9 Å². The molecule has 16 rings (SSSR count). The Bertz CT molecular complexity index is 4620. The molecule has 588 valence electrons. The van der Waals surface area contributed by atoms with E-state index in [4.69, 9.17) is 8.83 Å². The highest BCUT2D eigenvalue weighted by molar-refractivity contribution is 7.18.